The third kappa shape index (κ3) is 45.3. The number of nitrogens with one attached hydrogen (secondary N) is 1. The average Bonchev–Trinajstić information content (AvgIpc) is 3.20. The molecule has 8 nitrogen and oxygen atoms in total. The van der Waals surface area contributed by atoms with E-state index < -0.39 is 20.0 Å². The molecule has 0 aliphatic heterocycles. The maximum atomic E-state index is 12.7. The maximum Gasteiger partial charge on any atom is 0.472 e. The molecule has 0 saturated carbocycles. The SMILES string of the molecule is CCCCCCCCCC/C=C\CCCCCCCCCCCCCCCCCCCCCCCCCC(=O)NC(COP(=O)(O)OCC[N+](C)(C)C)C(O)CCCCC. The number of aliphatic hydroxyl groups excluding tert-OH is 1. The minimum Gasteiger partial charge on any atom is -0.391 e. The Labute approximate surface area is 373 Å². The number of phosphoric acid groups is 1. The average molecular weight is 872 g/mol. The van der Waals surface area contributed by atoms with Crippen LogP contribution in [0.25, 0.3) is 0 Å². The summed E-state index contributed by atoms with van der Waals surface area (Å²) in [6, 6.07) is -0.751. The second-order valence-electron chi connectivity index (χ2n) is 19.3. The first-order chi connectivity index (χ1) is 29.0. The summed E-state index contributed by atoms with van der Waals surface area (Å²) in [5.41, 5.74) is 0. The number of rotatable bonds is 48. The molecule has 3 atom stereocenters. The summed E-state index contributed by atoms with van der Waals surface area (Å²) in [5, 5.41) is 13.6. The van der Waals surface area contributed by atoms with Gasteiger partial charge in [0.2, 0.25) is 5.91 Å². The Kier molecular flexibility index (Phi) is 42.9. The topological polar surface area (TPSA) is 105 Å². The molecule has 0 rings (SSSR count). The monoisotopic (exact) mass is 872 g/mol. The van der Waals surface area contributed by atoms with Crippen LogP contribution in [0.3, 0.4) is 0 Å². The molecule has 0 heterocycles. The van der Waals surface area contributed by atoms with E-state index in [9.17, 15) is 19.4 Å². The van der Waals surface area contributed by atoms with Gasteiger partial charge in [0.05, 0.1) is 39.9 Å². The van der Waals surface area contributed by atoms with E-state index in [1.165, 1.54) is 193 Å². The Hall–Kier alpha value is -0.760. The highest BCUT2D eigenvalue weighted by Gasteiger charge is 2.28. The molecule has 0 aromatic carbocycles. The minimum atomic E-state index is -4.29. The number of likely N-dealkylation sites (N-methyl/N-ethyl adjacent to an activating group) is 1. The highest BCUT2D eigenvalue weighted by molar-refractivity contribution is 7.47. The predicted molar refractivity (Wildman–Crippen MR) is 259 cm³/mol. The number of hydrogen-bond donors (Lipinski definition) is 3. The Morgan fingerprint density at radius 1 is 0.550 bits per heavy atom. The number of carbonyl (C=O) groups is 1. The number of amides is 1. The third-order valence-corrected chi connectivity index (χ3v) is 13.0. The molecule has 0 bridgehead atoms. The molecule has 9 heteroatoms. The Morgan fingerprint density at radius 2 is 0.900 bits per heavy atom. The number of aliphatic hydroxyl groups is 1. The molecule has 358 valence electrons. The van der Waals surface area contributed by atoms with E-state index >= 15 is 0 Å². The second-order valence-corrected chi connectivity index (χ2v) is 20.7. The van der Waals surface area contributed by atoms with Crippen LogP contribution >= 0.6 is 7.82 Å². The van der Waals surface area contributed by atoms with E-state index in [1.807, 2.05) is 21.1 Å². The van der Waals surface area contributed by atoms with E-state index in [0.29, 0.717) is 23.9 Å². The first kappa shape index (κ1) is 59.2. The lowest BCUT2D eigenvalue weighted by molar-refractivity contribution is -0.870. The van der Waals surface area contributed by atoms with Crippen molar-refractivity contribution in [2.75, 3.05) is 40.9 Å². The fraction of sp³-hybridized carbons (Fsp3) is 0.941. The molecular formula is C51H104N2O6P+. The maximum absolute atomic E-state index is 12.7. The normalized spacial score (nSPS) is 14.2. The number of quaternary nitrogens is 1. The van der Waals surface area contributed by atoms with Gasteiger partial charge in [0.1, 0.15) is 13.2 Å². The number of phosphoric ester groups is 1. The van der Waals surface area contributed by atoms with Gasteiger partial charge in [0, 0.05) is 6.42 Å². The first-order valence-corrected chi connectivity index (χ1v) is 27.5. The predicted octanol–water partition coefficient (Wildman–Crippen LogP) is 15.1. The van der Waals surface area contributed by atoms with Crippen molar-refractivity contribution >= 4 is 13.7 Å². The van der Waals surface area contributed by atoms with Crippen molar-refractivity contribution in [2.24, 2.45) is 0 Å². The molecule has 0 saturated heterocycles. The number of carbonyl (C=O) groups excluding carboxylic acids is 1. The summed E-state index contributed by atoms with van der Waals surface area (Å²) in [7, 11) is 1.62. The Morgan fingerprint density at radius 3 is 1.28 bits per heavy atom. The van der Waals surface area contributed by atoms with Crippen LogP contribution in [0.15, 0.2) is 12.2 Å². The first-order valence-electron chi connectivity index (χ1n) is 26.1. The summed E-state index contributed by atoms with van der Waals surface area (Å²) in [6.45, 7) is 4.74. The molecule has 1 amide bonds. The largest absolute Gasteiger partial charge is 0.472 e. The third-order valence-electron chi connectivity index (χ3n) is 12.0. The van der Waals surface area contributed by atoms with Crippen molar-refractivity contribution in [1.29, 1.82) is 0 Å². The van der Waals surface area contributed by atoms with Crippen LogP contribution in [0.4, 0.5) is 0 Å². The van der Waals surface area contributed by atoms with E-state index in [-0.39, 0.29) is 19.1 Å². The molecule has 60 heavy (non-hydrogen) atoms. The van der Waals surface area contributed by atoms with Gasteiger partial charge in [-0.15, -0.1) is 0 Å². The molecule has 0 spiro atoms. The van der Waals surface area contributed by atoms with Crippen molar-refractivity contribution < 1.29 is 32.9 Å². The summed E-state index contributed by atoms with van der Waals surface area (Å²) in [4.78, 5) is 22.9. The summed E-state index contributed by atoms with van der Waals surface area (Å²) < 4.78 is 23.3. The van der Waals surface area contributed by atoms with Crippen LogP contribution < -0.4 is 5.32 Å². The van der Waals surface area contributed by atoms with Crippen molar-refractivity contribution in [3.05, 3.63) is 12.2 Å². The van der Waals surface area contributed by atoms with Crippen LogP contribution in [0.5, 0.6) is 0 Å². The number of nitrogens with zero attached hydrogens (tertiary/aromatic N) is 1. The molecule has 0 aromatic rings. The van der Waals surface area contributed by atoms with Crippen LogP contribution in [0, 0.1) is 0 Å². The lowest BCUT2D eigenvalue weighted by Crippen LogP contribution is -2.46. The molecule has 0 fully saturated rings. The zero-order valence-electron chi connectivity index (χ0n) is 40.7. The van der Waals surface area contributed by atoms with Gasteiger partial charge in [-0.1, -0.05) is 225 Å². The highest BCUT2D eigenvalue weighted by atomic mass is 31.2. The van der Waals surface area contributed by atoms with E-state index in [2.05, 4.69) is 31.3 Å². The zero-order chi connectivity index (χ0) is 44.3. The van der Waals surface area contributed by atoms with Crippen LogP contribution in [-0.2, 0) is 18.4 Å². The number of unbranched alkanes of at least 4 members (excludes halogenated alkanes) is 33. The molecule has 0 aliphatic rings. The summed E-state index contributed by atoms with van der Waals surface area (Å²) in [6.07, 6.45) is 52.4. The van der Waals surface area contributed by atoms with Gasteiger partial charge < -0.3 is 19.8 Å². The smallest absolute Gasteiger partial charge is 0.391 e. The summed E-state index contributed by atoms with van der Waals surface area (Å²) >= 11 is 0. The second kappa shape index (κ2) is 43.5. The lowest BCUT2D eigenvalue weighted by Gasteiger charge is -2.26. The molecule has 0 aromatic heterocycles. The van der Waals surface area contributed by atoms with Crippen LogP contribution in [0.1, 0.15) is 258 Å². The summed E-state index contributed by atoms with van der Waals surface area (Å²) in [5.74, 6) is -0.151. The van der Waals surface area contributed by atoms with E-state index in [1.54, 1.807) is 0 Å². The fourth-order valence-electron chi connectivity index (χ4n) is 7.87. The van der Waals surface area contributed by atoms with E-state index in [4.69, 9.17) is 9.05 Å². The Bertz CT molecular complexity index is 989. The molecule has 3 unspecified atom stereocenters. The lowest BCUT2D eigenvalue weighted by atomic mass is 10.0. The van der Waals surface area contributed by atoms with Crippen LogP contribution in [0.2, 0.25) is 0 Å². The van der Waals surface area contributed by atoms with Crippen LogP contribution in [-0.4, -0.2) is 73.4 Å². The zero-order valence-corrected chi connectivity index (χ0v) is 41.6. The molecular weight excluding hydrogens is 768 g/mol. The van der Waals surface area contributed by atoms with Crippen molar-refractivity contribution in [3.8, 4) is 0 Å². The number of allylic oxidation sites excluding steroid dienone is 2. The van der Waals surface area contributed by atoms with Gasteiger partial charge >= 0.3 is 7.82 Å². The van der Waals surface area contributed by atoms with Gasteiger partial charge in [-0.2, -0.15) is 0 Å². The van der Waals surface area contributed by atoms with Gasteiger partial charge in [0.15, 0.2) is 0 Å². The van der Waals surface area contributed by atoms with E-state index in [0.717, 1.165) is 38.5 Å². The molecule has 0 radical (unpaired) electrons. The van der Waals surface area contributed by atoms with Gasteiger partial charge in [0.25, 0.3) is 0 Å². The van der Waals surface area contributed by atoms with Crippen molar-refractivity contribution in [2.45, 2.75) is 270 Å². The minimum absolute atomic E-state index is 0.0757. The molecule has 3 N–H and O–H groups in total. The van der Waals surface area contributed by atoms with Crippen molar-refractivity contribution in [3.63, 3.8) is 0 Å². The fourth-order valence-corrected chi connectivity index (χ4v) is 8.60. The number of hydrogen-bond acceptors (Lipinski definition) is 5. The highest BCUT2D eigenvalue weighted by Crippen LogP contribution is 2.43. The molecule has 0 aliphatic carbocycles. The van der Waals surface area contributed by atoms with Gasteiger partial charge in [-0.05, 0) is 38.5 Å². The Balaban J connectivity index is 3.62. The quantitative estimate of drug-likeness (QED) is 0.0243. The van der Waals surface area contributed by atoms with Gasteiger partial charge in [-0.25, -0.2) is 4.57 Å². The van der Waals surface area contributed by atoms with Gasteiger partial charge in [-0.3, -0.25) is 13.8 Å². The standard InChI is InChI=1S/C51H103N2O6P/c1-6-8-10-11-12-13-14-15-16-17-18-19-20-21-22-23-24-25-26-27-28-29-30-31-32-33-34-35-36-37-38-39-40-41-43-45-51(55)52-49(50(54)44-42-9-7-2)48-59-60(56,57)58-47-46-53(3,4)5/h17-18,49-50,54H,6-16,19-48H2,1-5H3,(H-,52,55,56,57)/p+1/b18-17-. The van der Waals surface area contributed by atoms with Crippen molar-refractivity contribution in [1.82, 2.24) is 5.32 Å².